The number of benzene rings is 1. The highest BCUT2D eigenvalue weighted by Gasteiger charge is 2.34. The number of fused-ring (bicyclic) bond motifs is 1. The number of nitrogens with one attached hydrogen (secondary N) is 1. The molecule has 0 saturated carbocycles. The van der Waals surface area contributed by atoms with E-state index in [1.807, 2.05) is 4.90 Å². The summed E-state index contributed by atoms with van der Waals surface area (Å²) in [5.41, 5.74) is 1.42. The van der Waals surface area contributed by atoms with Gasteiger partial charge >= 0.3 is 6.03 Å². The molecule has 0 radical (unpaired) electrons. The molecule has 2 heterocycles. The van der Waals surface area contributed by atoms with Crippen LogP contribution in [0.25, 0.3) is 0 Å². The number of aryl methyl sites for hydroxylation is 1. The molecule has 1 N–H and O–H groups in total. The van der Waals surface area contributed by atoms with Crippen molar-refractivity contribution in [3.63, 3.8) is 0 Å². The first-order valence-corrected chi connectivity index (χ1v) is 7.14. The van der Waals surface area contributed by atoms with Crippen LogP contribution in [0.1, 0.15) is 12.0 Å². The molecule has 2 amide bonds. The van der Waals surface area contributed by atoms with Gasteiger partial charge in [-0.05, 0) is 24.9 Å². The van der Waals surface area contributed by atoms with Gasteiger partial charge in [0.2, 0.25) is 0 Å². The van der Waals surface area contributed by atoms with Gasteiger partial charge in [-0.2, -0.15) is 0 Å². The van der Waals surface area contributed by atoms with Gasteiger partial charge in [0.25, 0.3) is 0 Å². The lowest BCUT2D eigenvalue weighted by atomic mass is 10.1. The molecule has 19 heavy (non-hydrogen) atoms. The lowest BCUT2D eigenvalue weighted by Gasteiger charge is -2.36. The average Bonchev–Trinajstić information content (AvgIpc) is 2.81. The number of nitrogens with zero attached hydrogens (tertiary/aromatic N) is 2. The van der Waals surface area contributed by atoms with Gasteiger partial charge in [-0.3, -0.25) is 4.90 Å². The Morgan fingerprint density at radius 2 is 2.05 bits per heavy atom. The molecule has 1 atom stereocenters. The summed E-state index contributed by atoms with van der Waals surface area (Å²) < 4.78 is 0. The highest BCUT2D eigenvalue weighted by molar-refractivity contribution is 5.77. The highest BCUT2D eigenvalue weighted by Crippen LogP contribution is 2.14. The first-order valence-electron chi connectivity index (χ1n) is 7.14. The molecule has 1 unspecified atom stereocenters. The van der Waals surface area contributed by atoms with Gasteiger partial charge in [0.05, 0.1) is 6.04 Å². The molecule has 3 rings (SSSR count). The van der Waals surface area contributed by atoms with Crippen LogP contribution in [0.3, 0.4) is 0 Å². The number of hydrogen-bond acceptors (Lipinski definition) is 2. The number of amides is 2. The predicted molar refractivity (Wildman–Crippen MR) is 75.1 cm³/mol. The average molecular weight is 259 g/mol. The van der Waals surface area contributed by atoms with E-state index in [9.17, 15) is 4.79 Å². The van der Waals surface area contributed by atoms with E-state index >= 15 is 0 Å². The quantitative estimate of drug-likeness (QED) is 0.885. The van der Waals surface area contributed by atoms with Gasteiger partial charge in [-0.15, -0.1) is 0 Å². The van der Waals surface area contributed by atoms with Gasteiger partial charge in [0, 0.05) is 26.2 Å². The van der Waals surface area contributed by atoms with E-state index in [2.05, 4.69) is 40.5 Å². The third-order valence-electron chi connectivity index (χ3n) is 4.10. The summed E-state index contributed by atoms with van der Waals surface area (Å²) in [5.74, 6) is 0. The molecule has 2 saturated heterocycles. The molecule has 1 aromatic rings. The van der Waals surface area contributed by atoms with Crippen molar-refractivity contribution in [3.8, 4) is 0 Å². The van der Waals surface area contributed by atoms with Crippen LogP contribution in [0.5, 0.6) is 0 Å². The fourth-order valence-electron chi connectivity index (χ4n) is 3.02. The summed E-state index contributed by atoms with van der Waals surface area (Å²) in [5, 5.41) is 2.92. The molecule has 4 nitrogen and oxygen atoms in total. The fraction of sp³-hybridized carbons (Fsp3) is 0.533. The topological polar surface area (TPSA) is 35.6 Å². The molecular weight excluding hydrogens is 238 g/mol. The Morgan fingerprint density at radius 3 is 2.89 bits per heavy atom. The first kappa shape index (κ1) is 12.5. The van der Waals surface area contributed by atoms with Gasteiger partial charge in [0.1, 0.15) is 0 Å². The van der Waals surface area contributed by atoms with Crippen LogP contribution < -0.4 is 5.32 Å². The number of piperazine rings is 1. The van der Waals surface area contributed by atoms with Crippen LogP contribution in [0.2, 0.25) is 0 Å². The molecule has 0 aromatic heterocycles. The number of hydrogen-bond donors (Lipinski definition) is 1. The Balaban J connectivity index is 1.43. The third-order valence-corrected chi connectivity index (χ3v) is 4.10. The van der Waals surface area contributed by atoms with Crippen LogP contribution in [0.15, 0.2) is 30.3 Å². The minimum Gasteiger partial charge on any atom is -0.336 e. The van der Waals surface area contributed by atoms with Crippen molar-refractivity contribution < 1.29 is 4.79 Å². The summed E-state index contributed by atoms with van der Waals surface area (Å²) in [4.78, 5) is 16.0. The van der Waals surface area contributed by atoms with Gasteiger partial charge in [-0.25, -0.2) is 4.79 Å². The highest BCUT2D eigenvalue weighted by atomic mass is 16.2. The summed E-state index contributed by atoms with van der Waals surface area (Å²) in [6.45, 7) is 4.86. The maximum atomic E-state index is 11.5. The fourth-order valence-corrected chi connectivity index (χ4v) is 3.02. The van der Waals surface area contributed by atoms with Crippen LogP contribution in [0, 0.1) is 0 Å². The van der Waals surface area contributed by atoms with Gasteiger partial charge in [-0.1, -0.05) is 30.3 Å². The van der Waals surface area contributed by atoms with Crippen molar-refractivity contribution >= 4 is 6.03 Å². The van der Waals surface area contributed by atoms with Crippen LogP contribution in [-0.4, -0.2) is 54.6 Å². The van der Waals surface area contributed by atoms with E-state index in [4.69, 9.17) is 0 Å². The maximum Gasteiger partial charge on any atom is 0.317 e. The minimum atomic E-state index is 0.119. The van der Waals surface area contributed by atoms with Crippen LogP contribution in [-0.2, 0) is 6.42 Å². The molecule has 0 aliphatic carbocycles. The summed E-state index contributed by atoms with van der Waals surface area (Å²) >= 11 is 0. The molecule has 4 heteroatoms. The SMILES string of the molecule is O=C1NCC2CN(CCCc3ccccc3)CCN12. The van der Waals surface area contributed by atoms with Crippen LogP contribution >= 0.6 is 0 Å². The van der Waals surface area contributed by atoms with Crippen molar-refractivity contribution in [2.45, 2.75) is 18.9 Å². The van der Waals surface area contributed by atoms with Crippen molar-refractivity contribution in [1.82, 2.24) is 15.1 Å². The smallest absolute Gasteiger partial charge is 0.317 e. The van der Waals surface area contributed by atoms with Crippen molar-refractivity contribution in [1.29, 1.82) is 0 Å². The lowest BCUT2D eigenvalue weighted by molar-refractivity contribution is 0.120. The molecule has 2 aliphatic heterocycles. The number of carbonyl (C=O) groups is 1. The van der Waals surface area contributed by atoms with Crippen molar-refractivity contribution in [2.75, 3.05) is 32.7 Å². The normalized spacial score (nSPS) is 23.3. The van der Waals surface area contributed by atoms with Crippen molar-refractivity contribution in [2.24, 2.45) is 0 Å². The monoisotopic (exact) mass is 259 g/mol. The Bertz CT molecular complexity index is 434. The Hall–Kier alpha value is -1.55. The number of rotatable bonds is 4. The molecule has 102 valence electrons. The Morgan fingerprint density at radius 1 is 1.21 bits per heavy atom. The molecule has 0 bridgehead atoms. The summed E-state index contributed by atoms with van der Waals surface area (Å²) in [6, 6.07) is 11.2. The first-order chi connectivity index (χ1) is 9.33. The zero-order valence-corrected chi connectivity index (χ0v) is 11.2. The van der Waals surface area contributed by atoms with Crippen molar-refractivity contribution in [3.05, 3.63) is 35.9 Å². The summed E-state index contributed by atoms with van der Waals surface area (Å²) in [6.07, 6.45) is 2.33. The second kappa shape index (κ2) is 5.61. The zero-order chi connectivity index (χ0) is 13.1. The number of urea groups is 1. The van der Waals surface area contributed by atoms with Gasteiger partial charge < -0.3 is 10.2 Å². The van der Waals surface area contributed by atoms with E-state index < -0.39 is 0 Å². The minimum absolute atomic E-state index is 0.119. The second-order valence-corrected chi connectivity index (χ2v) is 5.42. The largest absolute Gasteiger partial charge is 0.336 e. The zero-order valence-electron chi connectivity index (χ0n) is 11.2. The van der Waals surface area contributed by atoms with E-state index in [0.29, 0.717) is 6.04 Å². The van der Waals surface area contributed by atoms with E-state index in [1.54, 1.807) is 0 Å². The standard InChI is InChI=1S/C15H21N3O/c19-15-16-11-14-12-17(9-10-18(14)15)8-4-7-13-5-2-1-3-6-13/h1-3,5-6,14H,4,7-12H2,(H,16,19). The van der Waals surface area contributed by atoms with E-state index in [0.717, 1.165) is 39.1 Å². The molecule has 0 spiro atoms. The molecule has 2 fully saturated rings. The van der Waals surface area contributed by atoms with E-state index in [1.165, 1.54) is 12.0 Å². The maximum absolute atomic E-state index is 11.5. The second-order valence-electron chi connectivity index (χ2n) is 5.42. The molecular formula is C15H21N3O. The van der Waals surface area contributed by atoms with Gasteiger partial charge in [0.15, 0.2) is 0 Å². The van der Waals surface area contributed by atoms with E-state index in [-0.39, 0.29) is 6.03 Å². The summed E-state index contributed by atoms with van der Waals surface area (Å²) in [7, 11) is 0. The Labute approximate surface area is 114 Å². The molecule has 1 aromatic carbocycles. The predicted octanol–water partition coefficient (Wildman–Crippen LogP) is 1.33. The number of carbonyl (C=O) groups excluding carboxylic acids is 1. The molecule has 2 aliphatic rings. The lowest BCUT2D eigenvalue weighted by Crippen LogP contribution is -2.52. The Kier molecular flexibility index (Phi) is 3.69. The van der Waals surface area contributed by atoms with Crippen LogP contribution in [0.4, 0.5) is 4.79 Å². The third kappa shape index (κ3) is 2.89.